The van der Waals surface area contributed by atoms with Crippen LogP contribution in [0.3, 0.4) is 0 Å². The summed E-state index contributed by atoms with van der Waals surface area (Å²) in [5.74, 6) is -0.191. The van der Waals surface area contributed by atoms with Crippen molar-refractivity contribution in [2.24, 2.45) is 12.8 Å². The topological polar surface area (TPSA) is 103 Å². The van der Waals surface area contributed by atoms with Crippen LogP contribution in [0.5, 0.6) is 11.5 Å². The van der Waals surface area contributed by atoms with E-state index >= 15 is 4.39 Å². The summed E-state index contributed by atoms with van der Waals surface area (Å²) in [5, 5.41) is 0. The predicted molar refractivity (Wildman–Crippen MR) is 136 cm³/mol. The van der Waals surface area contributed by atoms with Crippen LogP contribution in [0.2, 0.25) is 0 Å². The van der Waals surface area contributed by atoms with E-state index in [1.54, 1.807) is 42.7 Å². The Labute approximate surface area is 209 Å². The number of halogens is 1. The Hall–Kier alpha value is -4.57. The maximum Gasteiger partial charge on any atom is 0.326 e. The first-order valence-corrected chi connectivity index (χ1v) is 11.7. The van der Waals surface area contributed by atoms with Crippen LogP contribution >= 0.6 is 11.3 Å². The summed E-state index contributed by atoms with van der Waals surface area (Å²) >= 11 is 1.43. The Kier molecular flexibility index (Phi) is 6.17. The molecule has 0 atom stereocenters. The number of hydrogen-bond donors (Lipinski definition) is 1. The fraction of sp³-hybridized carbons (Fsp3) is 0.0769. The minimum absolute atomic E-state index is 0.0151. The quantitative estimate of drug-likeness (QED) is 0.341. The second-order valence-corrected chi connectivity index (χ2v) is 8.99. The molecule has 0 aliphatic carbocycles. The second kappa shape index (κ2) is 9.59. The van der Waals surface area contributed by atoms with E-state index in [1.165, 1.54) is 23.5 Å². The molecule has 0 saturated heterocycles. The van der Waals surface area contributed by atoms with Gasteiger partial charge in [-0.25, -0.2) is 19.1 Å². The van der Waals surface area contributed by atoms with Crippen molar-refractivity contribution in [2.45, 2.75) is 6.42 Å². The number of anilines is 1. The molecule has 5 aromatic rings. The van der Waals surface area contributed by atoms with E-state index in [-0.39, 0.29) is 17.9 Å². The Bertz CT molecular complexity index is 1580. The van der Waals surface area contributed by atoms with Crippen molar-refractivity contribution in [2.75, 3.05) is 4.90 Å². The standard InChI is InChI=1S/C26H20FN5O3S/c1-31-12-11-30-25(31)22-15-19-24(36-22)21(9-10-29-19)35-20-8-7-17(14-18(20)27)32(26(28)34)23(33)13-16-5-3-2-4-6-16/h2-12,14-15H,13H2,1H3,(H2,28,34). The number of ether oxygens (including phenoxy) is 1. The van der Waals surface area contributed by atoms with Gasteiger partial charge in [0.15, 0.2) is 11.6 Å². The first-order valence-electron chi connectivity index (χ1n) is 10.9. The largest absolute Gasteiger partial charge is 0.453 e. The molecule has 0 saturated carbocycles. The van der Waals surface area contributed by atoms with E-state index in [9.17, 15) is 9.59 Å². The number of hydrogen-bond acceptors (Lipinski definition) is 6. The lowest BCUT2D eigenvalue weighted by Crippen LogP contribution is -2.41. The Balaban J connectivity index is 1.42. The van der Waals surface area contributed by atoms with Gasteiger partial charge in [0.25, 0.3) is 0 Å². The summed E-state index contributed by atoms with van der Waals surface area (Å²) in [7, 11) is 1.90. The number of carbonyl (C=O) groups excluding carboxylic acids is 2. The second-order valence-electron chi connectivity index (χ2n) is 7.94. The van der Waals surface area contributed by atoms with Crippen LogP contribution in [0.25, 0.3) is 20.9 Å². The van der Waals surface area contributed by atoms with E-state index in [0.717, 1.165) is 26.4 Å². The number of nitrogens with two attached hydrogens (primary N) is 1. The third-order valence-electron chi connectivity index (χ3n) is 5.48. The van der Waals surface area contributed by atoms with Crippen molar-refractivity contribution < 1.29 is 18.7 Å². The average Bonchev–Trinajstić information content (AvgIpc) is 3.47. The highest BCUT2D eigenvalue weighted by Gasteiger charge is 2.23. The summed E-state index contributed by atoms with van der Waals surface area (Å²) in [5.41, 5.74) is 6.86. The van der Waals surface area contributed by atoms with Gasteiger partial charge in [-0.3, -0.25) is 9.78 Å². The maximum atomic E-state index is 15.1. The number of primary amides is 1. The van der Waals surface area contributed by atoms with Gasteiger partial charge in [-0.1, -0.05) is 30.3 Å². The average molecular weight is 502 g/mol. The van der Waals surface area contributed by atoms with Crippen LogP contribution in [-0.4, -0.2) is 26.5 Å². The lowest BCUT2D eigenvalue weighted by molar-refractivity contribution is -0.117. The smallest absolute Gasteiger partial charge is 0.326 e. The summed E-state index contributed by atoms with van der Waals surface area (Å²) in [6.45, 7) is 0. The third-order valence-corrected chi connectivity index (χ3v) is 6.61. The Morgan fingerprint density at radius 3 is 2.56 bits per heavy atom. The number of amides is 3. The number of urea groups is 1. The molecular weight excluding hydrogens is 481 g/mol. The molecule has 0 spiro atoms. The van der Waals surface area contributed by atoms with Gasteiger partial charge in [-0.15, -0.1) is 11.3 Å². The summed E-state index contributed by atoms with van der Waals surface area (Å²) in [6.07, 6.45) is 5.08. The molecule has 0 unspecified atom stereocenters. The monoisotopic (exact) mass is 501 g/mol. The molecular formula is C26H20FN5O3S. The van der Waals surface area contributed by atoms with E-state index in [0.29, 0.717) is 16.8 Å². The number of benzene rings is 2. The van der Waals surface area contributed by atoms with Crippen LogP contribution in [0.1, 0.15) is 5.56 Å². The molecule has 0 aliphatic heterocycles. The molecule has 3 amide bonds. The highest BCUT2D eigenvalue weighted by Crippen LogP contribution is 2.39. The van der Waals surface area contributed by atoms with Crippen molar-refractivity contribution in [3.05, 3.63) is 90.6 Å². The van der Waals surface area contributed by atoms with Gasteiger partial charge in [0.2, 0.25) is 5.91 Å². The van der Waals surface area contributed by atoms with Crippen molar-refractivity contribution in [1.82, 2.24) is 14.5 Å². The molecule has 3 aromatic heterocycles. The van der Waals surface area contributed by atoms with E-state index in [4.69, 9.17) is 10.5 Å². The van der Waals surface area contributed by atoms with Gasteiger partial charge < -0.3 is 15.0 Å². The molecule has 0 fully saturated rings. The highest BCUT2D eigenvalue weighted by molar-refractivity contribution is 7.22. The number of imidazole rings is 1. The normalized spacial score (nSPS) is 10.9. The van der Waals surface area contributed by atoms with Gasteiger partial charge in [0.05, 0.1) is 27.2 Å². The molecule has 5 rings (SSSR count). The fourth-order valence-corrected chi connectivity index (χ4v) is 4.89. The lowest BCUT2D eigenvalue weighted by atomic mass is 10.1. The fourth-order valence-electron chi connectivity index (χ4n) is 3.78. The van der Waals surface area contributed by atoms with Gasteiger partial charge in [-0.2, -0.15) is 0 Å². The zero-order chi connectivity index (χ0) is 25.2. The minimum Gasteiger partial charge on any atom is -0.453 e. The summed E-state index contributed by atoms with van der Waals surface area (Å²) in [4.78, 5) is 35.2. The van der Waals surface area contributed by atoms with Gasteiger partial charge >= 0.3 is 6.03 Å². The molecule has 36 heavy (non-hydrogen) atoms. The van der Waals surface area contributed by atoms with Gasteiger partial charge in [0.1, 0.15) is 11.6 Å². The number of aromatic nitrogens is 3. The molecule has 2 aromatic carbocycles. The van der Waals surface area contributed by atoms with Crippen LogP contribution in [0, 0.1) is 5.82 Å². The zero-order valence-corrected chi connectivity index (χ0v) is 19.9. The molecule has 3 heterocycles. The molecule has 0 radical (unpaired) electrons. The van der Waals surface area contributed by atoms with Crippen molar-refractivity contribution in [3.8, 4) is 22.2 Å². The Morgan fingerprint density at radius 2 is 1.86 bits per heavy atom. The zero-order valence-electron chi connectivity index (χ0n) is 19.1. The van der Waals surface area contributed by atoms with E-state index in [1.807, 2.05) is 29.9 Å². The first-order chi connectivity index (χ1) is 17.4. The molecule has 0 bridgehead atoms. The minimum atomic E-state index is -1.000. The number of imide groups is 1. The van der Waals surface area contributed by atoms with Crippen molar-refractivity contribution >= 4 is 39.2 Å². The highest BCUT2D eigenvalue weighted by atomic mass is 32.1. The van der Waals surface area contributed by atoms with Gasteiger partial charge in [-0.05, 0) is 23.8 Å². The number of thiophene rings is 1. The van der Waals surface area contributed by atoms with Crippen molar-refractivity contribution in [1.29, 1.82) is 0 Å². The number of aryl methyl sites for hydroxylation is 1. The van der Waals surface area contributed by atoms with Crippen LogP contribution in [0.4, 0.5) is 14.9 Å². The Morgan fingerprint density at radius 1 is 1.06 bits per heavy atom. The number of rotatable bonds is 6. The predicted octanol–water partition coefficient (Wildman–Crippen LogP) is 5.28. The summed E-state index contributed by atoms with van der Waals surface area (Å²) in [6, 6.07) is 15.3. The third kappa shape index (κ3) is 4.53. The van der Waals surface area contributed by atoms with Crippen molar-refractivity contribution in [3.63, 3.8) is 0 Å². The SMILES string of the molecule is Cn1ccnc1-c1cc2nccc(Oc3ccc(N(C(N)=O)C(=O)Cc4ccccc4)cc3F)c2s1. The van der Waals surface area contributed by atoms with Crippen LogP contribution in [-0.2, 0) is 18.3 Å². The maximum absolute atomic E-state index is 15.1. The van der Waals surface area contributed by atoms with Crippen LogP contribution in [0.15, 0.2) is 79.3 Å². The lowest BCUT2D eigenvalue weighted by Gasteiger charge is -2.19. The van der Waals surface area contributed by atoms with E-state index in [2.05, 4.69) is 9.97 Å². The number of fused-ring (bicyclic) bond motifs is 1. The van der Waals surface area contributed by atoms with Gasteiger partial charge in [0, 0.05) is 37.8 Å². The molecule has 180 valence electrons. The first kappa shape index (κ1) is 23.2. The summed E-state index contributed by atoms with van der Waals surface area (Å²) < 4.78 is 23.6. The van der Waals surface area contributed by atoms with Crippen LogP contribution < -0.4 is 15.4 Å². The molecule has 0 aliphatic rings. The molecule has 2 N–H and O–H groups in total. The number of carbonyl (C=O) groups is 2. The van der Waals surface area contributed by atoms with E-state index < -0.39 is 17.8 Å². The number of nitrogens with zero attached hydrogens (tertiary/aromatic N) is 4. The molecule has 10 heteroatoms. The number of pyridine rings is 1. The molecule has 8 nitrogen and oxygen atoms in total.